The van der Waals surface area contributed by atoms with Gasteiger partial charge in [-0.1, -0.05) is 64.2 Å². The van der Waals surface area contributed by atoms with E-state index in [1.54, 1.807) is 12.1 Å². The van der Waals surface area contributed by atoms with Gasteiger partial charge in [0.25, 0.3) is 5.91 Å². The summed E-state index contributed by atoms with van der Waals surface area (Å²) < 4.78 is 40.2. The number of para-hydroxylation sites is 1. The molecule has 0 aliphatic carbocycles. The van der Waals surface area contributed by atoms with Gasteiger partial charge in [-0.05, 0) is 35.9 Å². The number of nitrogens with one attached hydrogen (secondary N) is 1. The van der Waals surface area contributed by atoms with Crippen molar-refractivity contribution in [3.05, 3.63) is 69.0 Å². The smallest absolute Gasteiger partial charge is 0.324 e. The molecule has 4 nitrogen and oxygen atoms in total. The number of thiocarbonyl (C=S) groups is 1. The van der Waals surface area contributed by atoms with Gasteiger partial charge in [-0.25, -0.2) is 0 Å². The number of nitrogens with zero attached hydrogens (tertiary/aromatic N) is 1. The molecular formula is C19H12BrF3N2O2S2. The Kier molecular flexibility index (Phi) is 6.45. The molecule has 10 heteroatoms. The van der Waals surface area contributed by atoms with E-state index in [0.717, 1.165) is 38.8 Å². The van der Waals surface area contributed by atoms with Gasteiger partial charge in [0.2, 0.25) is 5.91 Å². The molecule has 0 radical (unpaired) electrons. The highest BCUT2D eigenvalue weighted by Gasteiger charge is 2.35. The number of alkyl halides is 3. The van der Waals surface area contributed by atoms with Crippen LogP contribution < -0.4 is 5.32 Å². The number of amides is 2. The van der Waals surface area contributed by atoms with Crippen molar-refractivity contribution in [2.75, 3.05) is 11.9 Å². The summed E-state index contributed by atoms with van der Waals surface area (Å²) in [5.74, 6) is -1.25. The number of carbonyl (C=O) groups is 2. The summed E-state index contributed by atoms with van der Waals surface area (Å²) in [5.41, 5.74) is -0.572. The lowest BCUT2D eigenvalue weighted by atomic mass is 10.1. The third-order valence-corrected chi connectivity index (χ3v) is 5.70. The molecule has 0 unspecified atom stereocenters. The molecule has 3 rings (SSSR count). The minimum Gasteiger partial charge on any atom is -0.324 e. The monoisotopic (exact) mass is 500 g/mol. The number of carbonyl (C=O) groups excluding carboxylic acids is 2. The zero-order chi connectivity index (χ0) is 21.2. The molecule has 29 heavy (non-hydrogen) atoms. The molecule has 0 atom stereocenters. The second-order valence-electron chi connectivity index (χ2n) is 5.91. The van der Waals surface area contributed by atoms with Crippen LogP contribution in [0.1, 0.15) is 11.1 Å². The molecule has 0 bridgehead atoms. The van der Waals surface area contributed by atoms with Gasteiger partial charge in [-0.2, -0.15) is 13.2 Å². The van der Waals surface area contributed by atoms with E-state index in [0.29, 0.717) is 4.91 Å². The number of hydrogen-bond donors (Lipinski definition) is 1. The summed E-state index contributed by atoms with van der Waals surface area (Å²) in [6.07, 6.45) is -2.97. The summed E-state index contributed by atoms with van der Waals surface area (Å²) in [5, 5.41) is 2.21. The van der Waals surface area contributed by atoms with E-state index in [2.05, 4.69) is 21.2 Å². The topological polar surface area (TPSA) is 49.4 Å². The van der Waals surface area contributed by atoms with Crippen molar-refractivity contribution in [2.45, 2.75) is 6.18 Å². The van der Waals surface area contributed by atoms with E-state index in [9.17, 15) is 22.8 Å². The van der Waals surface area contributed by atoms with Crippen LogP contribution in [0.5, 0.6) is 0 Å². The van der Waals surface area contributed by atoms with Crippen LogP contribution in [0.25, 0.3) is 6.08 Å². The van der Waals surface area contributed by atoms with Crippen LogP contribution in [0.3, 0.4) is 0 Å². The van der Waals surface area contributed by atoms with Gasteiger partial charge in [-0.15, -0.1) is 0 Å². The standard InChI is InChI=1S/C19H12BrF3N2O2S2/c20-12-5-3-4-11(8-12)9-15-17(27)25(18(28)29-15)10-16(26)24-14-7-2-1-6-13(14)19(21,22)23/h1-9H,10H2,(H,24,26)/b15-9-. The highest BCUT2D eigenvalue weighted by molar-refractivity contribution is 9.10. The number of anilines is 1. The quantitative estimate of drug-likeness (QED) is 0.456. The van der Waals surface area contributed by atoms with Crippen molar-refractivity contribution in [1.82, 2.24) is 4.90 Å². The van der Waals surface area contributed by atoms with Crippen molar-refractivity contribution >= 4 is 67.8 Å². The first-order valence-electron chi connectivity index (χ1n) is 8.12. The van der Waals surface area contributed by atoms with Crippen molar-refractivity contribution in [3.8, 4) is 0 Å². The Morgan fingerprint density at radius 1 is 1.21 bits per heavy atom. The number of hydrogen-bond acceptors (Lipinski definition) is 4. The van der Waals surface area contributed by atoms with Gasteiger partial charge >= 0.3 is 6.18 Å². The minimum atomic E-state index is -4.61. The molecule has 1 aliphatic heterocycles. The zero-order valence-electron chi connectivity index (χ0n) is 14.5. The molecule has 1 saturated heterocycles. The molecule has 2 amide bonds. The van der Waals surface area contributed by atoms with Crippen molar-refractivity contribution in [1.29, 1.82) is 0 Å². The Morgan fingerprint density at radius 2 is 1.93 bits per heavy atom. The third-order valence-electron chi connectivity index (χ3n) is 3.83. The van der Waals surface area contributed by atoms with Crippen LogP contribution in [0.4, 0.5) is 18.9 Å². The number of halogens is 4. The zero-order valence-corrected chi connectivity index (χ0v) is 17.7. The fourth-order valence-electron chi connectivity index (χ4n) is 2.56. The summed E-state index contributed by atoms with van der Waals surface area (Å²) in [7, 11) is 0. The van der Waals surface area contributed by atoms with Crippen molar-refractivity contribution in [2.24, 2.45) is 0 Å². The fraction of sp³-hybridized carbons (Fsp3) is 0.105. The fourth-order valence-corrected chi connectivity index (χ4v) is 4.23. The molecule has 1 N–H and O–H groups in total. The van der Waals surface area contributed by atoms with Gasteiger partial charge in [0.15, 0.2) is 0 Å². The lowest BCUT2D eigenvalue weighted by molar-refractivity contribution is -0.137. The number of benzene rings is 2. The molecule has 2 aromatic carbocycles. The van der Waals surface area contributed by atoms with E-state index >= 15 is 0 Å². The highest BCUT2D eigenvalue weighted by atomic mass is 79.9. The number of thioether (sulfide) groups is 1. The van der Waals surface area contributed by atoms with Gasteiger partial charge in [0.05, 0.1) is 16.2 Å². The Labute approximate surface area is 182 Å². The van der Waals surface area contributed by atoms with Crippen molar-refractivity contribution in [3.63, 3.8) is 0 Å². The second-order valence-corrected chi connectivity index (χ2v) is 8.51. The van der Waals surface area contributed by atoms with E-state index in [4.69, 9.17) is 12.2 Å². The van der Waals surface area contributed by atoms with Crippen LogP contribution >= 0.6 is 39.9 Å². The first kappa shape index (κ1) is 21.5. The second kappa shape index (κ2) is 8.68. The lowest BCUT2D eigenvalue weighted by Gasteiger charge is -2.16. The van der Waals surface area contributed by atoms with E-state index in [1.807, 2.05) is 18.2 Å². The van der Waals surface area contributed by atoms with Gasteiger partial charge in [0.1, 0.15) is 10.9 Å². The van der Waals surface area contributed by atoms with Crippen LogP contribution in [0.15, 0.2) is 57.9 Å². The van der Waals surface area contributed by atoms with E-state index < -0.39 is 30.1 Å². The molecule has 0 aromatic heterocycles. The largest absolute Gasteiger partial charge is 0.418 e. The molecule has 1 aliphatic rings. The first-order chi connectivity index (χ1) is 13.6. The molecule has 1 heterocycles. The van der Waals surface area contributed by atoms with Crippen LogP contribution in [0.2, 0.25) is 0 Å². The molecule has 2 aromatic rings. The average Bonchev–Trinajstić information content (AvgIpc) is 2.89. The summed E-state index contributed by atoms with van der Waals surface area (Å²) >= 11 is 9.54. The van der Waals surface area contributed by atoms with Gasteiger partial charge in [0, 0.05) is 4.47 Å². The molecule has 0 saturated carbocycles. The Bertz CT molecular complexity index is 1020. The summed E-state index contributed by atoms with van der Waals surface area (Å²) in [6.45, 7) is -0.479. The van der Waals surface area contributed by atoms with Crippen LogP contribution in [0, 0.1) is 0 Å². The predicted octanol–water partition coefficient (Wildman–Crippen LogP) is 5.31. The molecule has 150 valence electrons. The predicted molar refractivity (Wildman–Crippen MR) is 114 cm³/mol. The van der Waals surface area contributed by atoms with E-state index in [-0.39, 0.29) is 10.0 Å². The molecular weight excluding hydrogens is 489 g/mol. The Balaban J connectivity index is 1.73. The van der Waals surface area contributed by atoms with E-state index in [1.165, 1.54) is 12.1 Å². The van der Waals surface area contributed by atoms with Crippen molar-refractivity contribution < 1.29 is 22.8 Å². The van der Waals surface area contributed by atoms with Crippen LogP contribution in [-0.2, 0) is 15.8 Å². The Hall–Kier alpha value is -2.17. The van der Waals surface area contributed by atoms with Crippen LogP contribution in [-0.4, -0.2) is 27.6 Å². The number of rotatable bonds is 4. The van der Waals surface area contributed by atoms with Gasteiger partial charge in [-0.3, -0.25) is 14.5 Å². The first-order valence-corrected chi connectivity index (χ1v) is 10.1. The average molecular weight is 501 g/mol. The maximum absolute atomic E-state index is 13.1. The highest BCUT2D eigenvalue weighted by Crippen LogP contribution is 2.35. The third kappa shape index (κ3) is 5.26. The summed E-state index contributed by atoms with van der Waals surface area (Å²) in [6, 6.07) is 11.9. The van der Waals surface area contributed by atoms with Gasteiger partial charge < -0.3 is 5.32 Å². The maximum atomic E-state index is 13.1. The normalized spacial score (nSPS) is 15.9. The SMILES string of the molecule is O=C(CN1C(=O)/C(=C/c2cccc(Br)c2)SC1=S)Nc1ccccc1C(F)(F)F. The minimum absolute atomic E-state index is 0.163. The molecule has 0 spiro atoms. The maximum Gasteiger partial charge on any atom is 0.418 e. The Morgan fingerprint density at radius 3 is 2.62 bits per heavy atom. The molecule has 1 fully saturated rings. The summed E-state index contributed by atoms with van der Waals surface area (Å²) in [4.78, 5) is 26.3. The lowest BCUT2D eigenvalue weighted by Crippen LogP contribution is -2.36.